The summed E-state index contributed by atoms with van der Waals surface area (Å²) in [6.45, 7) is 1.38. The van der Waals surface area contributed by atoms with Crippen molar-refractivity contribution >= 4 is 5.69 Å². The lowest BCUT2D eigenvalue weighted by molar-refractivity contribution is 0.146. The average Bonchev–Trinajstić information content (AvgIpc) is 2.50. The van der Waals surface area contributed by atoms with Gasteiger partial charge in [0.1, 0.15) is 23.9 Å². The van der Waals surface area contributed by atoms with Gasteiger partial charge in [0.15, 0.2) is 0 Å². The molecule has 0 aliphatic carbocycles. The minimum atomic E-state index is -0.369. The van der Waals surface area contributed by atoms with Gasteiger partial charge in [-0.15, -0.1) is 0 Å². The van der Waals surface area contributed by atoms with Crippen LogP contribution in [-0.2, 0) is 11.3 Å². The molecule has 0 unspecified atom stereocenters. The lowest BCUT2D eigenvalue weighted by Crippen LogP contribution is -2.04. The molecule has 0 radical (unpaired) electrons. The van der Waals surface area contributed by atoms with E-state index in [1.54, 1.807) is 7.11 Å². The Bertz CT molecular complexity index is 572. The van der Waals surface area contributed by atoms with Gasteiger partial charge in [0, 0.05) is 24.9 Å². The first-order valence-corrected chi connectivity index (χ1v) is 6.62. The molecule has 0 aliphatic rings. The van der Waals surface area contributed by atoms with Gasteiger partial charge in [0.2, 0.25) is 0 Å². The van der Waals surface area contributed by atoms with Crippen molar-refractivity contribution in [2.45, 2.75) is 6.54 Å². The molecular weight excluding hydrogens is 273 g/mol. The van der Waals surface area contributed by atoms with Gasteiger partial charge in [-0.1, -0.05) is 0 Å². The fourth-order valence-electron chi connectivity index (χ4n) is 1.80. The highest BCUT2D eigenvalue weighted by atomic mass is 19.1. The van der Waals surface area contributed by atoms with Crippen LogP contribution in [0.4, 0.5) is 10.1 Å². The second kappa shape index (κ2) is 7.50. The Morgan fingerprint density at radius 2 is 1.86 bits per heavy atom. The smallest absolute Gasteiger partial charge is 0.123 e. The summed E-state index contributed by atoms with van der Waals surface area (Å²) in [4.78, 5) is 0. The molecule has 2 aromatic rings. The molecule has 0 atom stereocenters. The van der Waals surface area contributed by atoms with Crippen molar-refractivity contribution in [1.82, 2.24) is 0 Å². The quantitative estimate of drug-likeness (QED) is 0.769. The third kappa shape index (κ3) is 4.65. The monoisotopic (exact) mass is 291 g/mol. The topological polar surface area (TPSA) is 50.7 Å². The van der Waals surface area contributed by atoms with E-state index in [9.17, 15) is 9.50 Å². The minimum absolute atomic E-state index is 0.0726. The zero-order chi connectivity index (χ0) is 15.1. The zero-order valence-electron chi connectivity index (χ0n) is 11.8. The molecule has 2 N–H and O–H groups in total. The van der Waals surface area contributed by atoms with Crippen LogP contribution in [0.1, 0.15) is 5.56 Å². The van der Waals surface area contributed by atoms with Gasteiger partial charge in [0.25, 0.3) is 0 Å². The maximum absolute atomic E-state index is 13.1. The first-order valence-electron chi connectivity index (χ1n) is 6.62. The number of aromatic hydroxyl groups is 1. The molecule has 2 aromatic carbocycles. The first-order chi connectivity index (χ1) is 10.2. The number of nitrogens with one attached hydrogen (secondary N) is 1. The Balaban J connectivity index is 1.90. The first kappa shape index (κ1) is 15.1. The highest BCUT2D eigenvalue weighted by molar-refractivity contribution is 5.47. The van der Waals surface area contributed by atoms with Crippen LogP contribution in [0.3, 0.4) is 0 Å². The summed E-state index contributed by atoms with van der Waals surface area (Å²) in [6.07, 6.45) is 0. The predicted octanol–water partition coefficient (Wildman–Crippen LogP) is 3.17. The van der Waals surface area contributed by atoms with E-state index in [2.05, 4.69) is 5.32 Å². The molecule has 0 fully saturated rings. The van der Waals surface area contributed by atoms with Crippen molar-refractivity contribution in [3.63, 3.8) is 0 Å². The number of anilines is 1. The summed E-state index contributed by atoms with van der Waals surface area (Å²) in [5.41, 5.74) is 1.37. The Labute approximate surface area is 123 Å². The standard InChI is InChI=1S/C16H18FNO3/c1-20-8-9-21-15-5-3-14(4-6-15)18-11-12-10-13(17)2-7-16(12)19/h2-7,10,18-19H,8-9,11H2,1H3. The molecular formula is C16H18FNO3. The van der Waals surface area contributed by atoms with E-state index in [1.165, 1.54) is 18.2 Å². The van der Waals surface area contributed by atoms with Gasteiger partial charge >= 0.3 is 0 Å². The van der Waals surface area contributed by atoms with Gasteiger partial charge in [-0.2, -0.15) is 0 Å². The summed E-state index contributed by atoms with van der Waals surface area (Å²) >= 11 is 0. The van der Waals surface area contributed by atoms with Crippen molar-refractivity contribution in [3.8, 4) is 11.5 Å². The van der Waals surface area contributed by atoms with E-state index in [0.29, 0.717) is 25.3 Å². The van der Waals surface area contributed by atoms with Crippen LogP contribution in [0.15, 0.2) is 42.5 Å². The van der Waals surface area contributed by atoms with Gasteiger partial charge in [-0.3, -0.25) is 0 Å². The van der Waals surface area contributed by atoms with Gasteiger partial charge < -0.3 is 19.9 Å². The Morgan fingerprint density at radius 1 is 1.10 bits per heavy atom. The number of methoxy groups -OCH3 is 1. The fourth-order valence-corrected chi connectivity index (χ4v) is 1.80. The Kier molecular flexibility index (Phi) is 5.40. The molecule has 21 heavy (non-hydrogen) atoms. The van der Waals surface area contributed by atoms with E-state index in [1.807, 2.05) is 24.3 Å². The van der Waals surface area contributed by atoms with Crippen LogP contribution in [0, 0.1) is 5.82 Å². The normalized spacial score (nSPS) is 10.4. The summed E-state index contributed by atoms with van der Waals surface area (Å²) < 4.78 is 23.5. The number of ether oxygens (including phenoxy) is 2. The Hall–Kier alpha value is -2.27. The van der Waals surface area contributed by atoms with Crippen molar-refractivity contribution in [1.29, 1.82) is 0 Å². The van der Waals surface area contributed by atoms with Gasteiger partial charge in [0.05, 0.1) is 6.61 Å². The summed E-state index contributed by atoms with van der Waals surface area (Å²) in [5, 5.41) is 12.8. The van der Waals surface area contributed by atoms with E-state index < -0.39 is 0 Å². The molecule has 112 valence electrons. The fraction of sp³-hybridized carbons (Fsp3) is 0.250. The van der Waals surface area contributed by atoms with Crippen molar-refractivity contribution in [2.24, 2.45) is 0 Å². The largest absolute Gasteiger partial charge is 0.508 e. The second-order valence-corrected chi connectivity index (χ2v) is 4.49. The molecule has 0 amide bonds. The molecule has 0 saturated carbocycles. The zero-order valence-corrected chi connectivity index (χ0v) is 11.8. The number of hydrogen-bond donors (Lipinski definition) is 2. The van der Waals surface area contributed by atoms with Crippen molar-refractivity contribution in [2.75, 3.05) is 25.6 Å². The average molecular weight is 291 g/mol. The summed E-state index contributed by atoms with van der Waals surface area (Å²) in [6, 6.07) is 11.3. The maximum atomic E-state index is 13.1. The highest BCUT2D eigenvalue weighted by Crippen LogP contribution is 2.20. The van der Waals surface area contributed by atoms with Crippen LogP contribution < -0.4 is 10.1 Å². The van der Waals surface area contributed by atoms with Crippen LogP contribution in [-0.4, -0.2) is 25.4 Å². The number of phenolic OH excluding ortho intramolecular Hbond substituents is 1. The maximum Gasteiger partial charge on any atom is 0.123 e. The van der Waals surface area contributed by atoms with Crippen molar-refractivity contribution < 1.29 is 19.0 Å². The molecule has 5 heteroatoms. The van der Waals surface area contributed by atoms with Crippen molar-refractivity contribution in [3.05, 3.63) is 53.8 Å². The molecule has 0 aromatic heterocycles. The van der Waals surface area contributed by atoms with Crippen LogP contribution in [0.5, 0.6) is 11.5 Å². The van der Waals surface area contributed by atoms with E-state index in [4.69, 9.17) is 9.47 Å². The van der Waals surface area contributed by atoms with E-state index >= 15 is 0 Å². The number of phenols is 1. The van der Waals surface area contributed by atoms with Crippen LogP contribution >= 0.6 is 0 Å². The molecule has 0 heterocycles. The number of rotatable bonds is 7. The lowest BCUT2D eigenvalue weighted by atomic mass is 10.2. The molecule has 0 aliphatic heterocycles. The van der Waals surface area contributed by atoms with Gasteiger partial charge in [-0.05, 0) is 42.5 Å². The Morgan fingerprint density at radius 3 is 2.57 bits per heavy atom. The SMILES string of the molecule is COCCOc1ccc(NCc2cc(F)ccc2O)cc1. The molecule has 0 saturated heterocycles. The highest BCUT2D eigenvalue weighted by Gasteiger charge is 2.03. The predicted molar refractivity (Wildman–Crippen MR) is 79.2 cm³/mol. The summed E-state index contributed by atoms with van der Waals surface area (Å²) in [7, 11) is 1.62. The second-order valence-electron chi connectivity index (χ2n) is 4.49. The van der Waals surface area contributed by atoms with Crippen LogP contribution in [0.2, 0.25) is 0 Å². The molecule has 2 rings (SSSR count). The van der Waals surface area contributed by atoms with Gasteiger partial charge in [-0.25, -0.2) is 4.39 Å². The van der Waals surface area contributed by atoms with E-state index in [0.717, 1.165) is 11.4 Å². The minimum Gasteiger partial charge on any atom is -0.508 e. The van der Waals surface area contributed by atoms with E-state index in [-0.39, 0.29) is 11.6 Å². The van der Waals surface area contributed by atoms with Crippen LogP contribution in [0.25, 0.3) is 0 Å². The molecule has 4 nitrogen and oxygen atoms in total. The lowest BCUT2D eigenvalue weighted by Gasteiger charge is -2.10. The third-order valence-corrected chi connectivity index (χ3v) is 2.94. The third-order valence-electron chi connectivity index (χ3n) is 2.94. The number of halogens is 1. The molecule has 0 bridgehead atoms. The number of hydrogen-bond acceptors (Lipinski definition) is 4. The molecule has 0 spiro atoms. The summed E-state index contributed by atoms with van der Waals surface area (Å²) in [5.74, 6) is 0.459. The number of benzene rings is 2.